The van der Waals surface area contributed by atoms with E-state index in [9.17, 15) is 8.78 Å². The minimum absolute atomic E-state index is 0.0111. The van der Waals surface area contributed by atoms with Crippen LogP contribution in [0.15, 0.2) is 66.5 Å². The highest BCUT2D eigenvalue weighted by atomic mass is 32.1. The molecule has 12 heteroatoms. The molecule has 0 amide bonds. The molecule has 2 aromatic carbocycles. The zero-order valence-electron chi connectivity index (χ0n) is 24.8. The number of nitrogens with zero attached hydrogens (tertiary/aromatic N) is 4. The molecule has 0 saturated heterocycles. The van der Waals surface area contributed by atoms with E-state index in [1.165, 1.54) is 36.8 Å². The quantitative estimate of drug-likeness (QED) is 0.141. The number of ether oxygens (including phenoxy) is 3. The highest BCUT2D eigenvalue weighted by Gasteiger charge is 2.44. The van der Waals surface area contributed by atoms with Crippen LogP contribution in [0.3, 0.4) is 0 Å². The van der Waals surface area contributed by atoms with Crippen LogP contribution in [0.5, 0.6) is 5.75 Å². The highest BCUT2D eigenvalue weighted by molar-refractivity contribution is 7.21. The second-order valence-corrected chi connectivity index (χ2v) is 11.7. The number of allylic oxidation sites excluding steroid dienone is 1. The van der Waals surface area contributed by atoms with Crippen LogP contribution in [0.4, 0.5) is 24.5 Å². The van der Waals surface area contributed by atoms with E-state index >= 15 is 4.39 Å². The number of alkyl halides is 2. The number of thiazole rings is 1. The summed E-state index contributed by atoms with van der Waals surface area (Å²) in [5.74, 6) is -2.77. The Kier molecular flexibility index (Phi) is 8.91. The lowest BCUT2D eigenvalue weighted by Crippen LogP contribution is -2.44. The van der Waals surface area contributed by atoms with Gasteiger partial charge in [-0.05, 0) is 45.4 Å². The van der Waals surface area contributed by atoms with Gasteiger partial charge in [-0.2, -0.15) is 0 Å². The molecular weight excluding hydrogens is 591 g/mol. The van der Waals surface area contributed by atoms with Gasteiger partial charge in [0.2, 0.25) is 0 Å². The Bertz CT molecular complexity index is 1740. The molecule has 0 aliphatic heterocycles. The van der Waals surface area contributed by atoms with Crippen LogP contribution in [0.1, 0.15) is 36.2 Å². The summed E-state index contributed by atoms with van der Waals surface area (Å²) in [5.41, 5.74) is 4.30. The minimum atomic E-state index is -2.99. The van der Waals surface area contributed by atoms with Crippen molar-refractivity contribution in [1.29, 1.82) is 0 Å². The minimum Gasteiger partial charge on any atom is -0.496 e. The molecular formula is C32H32F3N5O3S. The largest absolute Gasteiger partial charge is 0.496 e. The molecule has 2 heterocycles. The highest BCUT2D eigenvalue weighted by Crippen LogP contribution is 2.42. The van der Waals surface area contributed by atoms with E-state index in [4.69, 9.17) is 14.2 Å². The Morgan fingerprint density at radius 1 is 1.11 bits per heavy atom. The van der Waals surface area contributed by atoms with Crippen LogP contribution in [-0.2, 0) is 9.47 Å². The third-order valence-electron chi connectivity index (χ3n) is 7.06. The molecule has 0 unspecified atom stereocenters. The van der Waals surface area contributed by atoms with Gasteiger partial charge in [-0.15, -0.1) is 11.3 Å². The zero-order valence-corrected chi connectivity index (χ0v) is 25.6. The number of aromatic nitrogens is 3. The summed E-state index contributed by atoms with van der Waals surface area (Å²) in [6.07, 6.45) is 1.65. The van der Waals surface area contributed by atoms with E-state index in [2.05, 4.69) is 38.4 Å². The van der Waals surface area contributed by atoms with Crippen molar-refractivity contribution in [1.82, 2.24) is 15.0 Å². The van der Waals surface area contributed by atoms with Gasteiger partial charge in [0.15, 0.2) is 17.4 Å². The monoisotopic (exact) mass is 623 g/mol. The van der Waals surface area contributed by atoms with Crippen molar-refractivity contribution in [3.8, 4) is 16.3 Å². The average molecular weight is 624 g/mol. The van der Waals surface area contributed by atoms with Crippen molar-refractivity contribution in [3.05, 3.63) is 84.2 Å². The molecule has 230 valence electrons. The van der Waals surface area contributed by atoms with Crippen molar-refractivity contribution >= 4 is 39.1 Å². The summed E-state index contributed by atoms with van der Waals surface area (Å²) >= 11 is 1.32. The molecule has 1 saturated carbocycles. The molecule has 0 radical (unpaired) electrons. The smallest absolute Gasteiger partial charge is 0.252 e. The topological polar surface area (TPSA) is 90.8 Å². The number of aryl methyl sites for hydroxylation is 3. The molecule has 1 aliphatic rings. The molecule has 2 atom stereocenters. The number of rotatable bonds is 10. The second-order valence-electron chi connectivity index (χ2n) is 10.7. The third-order valence-corrected chi connectivity index (χ3v) is 8.11. The van der Waals surface area contributed by atoms with Gasteiger partial charge in [0.25, 0.3) is 5.92 Å². The first kappa shape index (κ1) is 31.0. The third kappa shape index (κ3) is 7.19. The molecule has 8 nitrogen and oxygen atoms in total. The number of halogens is 3. The molecule has 0 spiro atoms. The fourth-order valence-corrected chi connectivity index (χ4v) is 5.92. The number of hydrogen-bond acceptors (Lipinski definition) is 9. The first-order valence-electron chi connectivity index (χ1n) is 13.8. The van der Waals surface area contributed by atoms with Gasteiger partial charge in [0, 0.05) is 24.1 Å². The zero-order chi connectivity index (χ0) is 31.6. The van der Waals surface area contributed by atoms with E-state index in [0.29, 0.717) is 38.2 Å². The van der Waals surface area contributed by atoms with Crippen LogP contribution in [0.2, 0.25) is 0 Å². The lowest BCUT2D eigenvalue weighted by molar-refractivity contribution is -0.119. The lowest BCUT2D eigenvalue weighted by Gasteiger charge is -2.36. The summed E-state index contributed by atoms with van der Waals surface area (Å²) < 4.78 is 62.0. The number of benzene rings is 2. The van der Waals surface area contributed by atoms with Crippen LogP contribution in [-0.4, -0.2) is 46.4 Å². The van der Waals surface area contributed by atoms with Crippen LogP contribution in [0.25, 0.3) is 20.8 Å². The maximum atomic E-state index is 15.4. The summed E-state index contributed by atoms with van der Waals surface area (Å²) in [4.78, 5) is 17.4. The standard InChI is InChI=1S/C32H32F3N5O3S/c1-17-9-18(2)30(38-14-19(3)41-6)23(10-17)31-40-25-11-24(33)27(12-29(25)44-31)43-28-13-32(34,35)8-7-26(28)42-21(5)39-22-15-36-20(4)37-16-22/h9-12,14-16,26,28,39H,3,5,7-8,13H2,1-2,4,6H3/t26-,28+/m1/s1. The van der Waals surface area contributed by atoms with E-state index in [1.807, 2.05) is 26.0 Å². The van der Waals surface area contributed by atoms with Gasteiger partial charge in [-0.3, -0.25) is 4.99 Å². The molecule has 2 aromatic heterocycles. The molecule has 1 N–H and O–H groups in total. The summed E-state index contributed by atoms with van der Waals surface area (Å²) in [6, 6.07) is 6.70. The van der Waals surface area contributed by atoms with Crippen LogP contribution < -0.4 is 10.1 Å². The van der Waals surface area contributed by atoms with E-state index < -0.39 is 36.8 Å². The first-order valence-corrected chi connectivity index (χ1v) is 14.7. The fraction of sp³-hybridized carbons (Fsp3) is 0.312. The number of anilines is 1. The molecule has 1 aliphatic carbocycles. The molecule has 44 heavy (non-hydrogen) atoms. The number of nitrogens with one attached hydrogen (secondary N) is 1. The van der Waals surface area contributed by atoms with Gasteiger partial charge in [0.05, 0.1) is 53.7 Å². The van der Waals surface area contributed by atoms with E-state index in [1.54, 1.807) is 19.3 Å². The predicted molar refractivity (Wildman–Crippen MR) is 166 cm³/mol. The van der Waals surface area contributed by atoms with Crippen LogP contribution in [0, 0.1) is 26.6 Å². The molecule has 4 aromatic rings. The normalized spacial score (nSPS) is 17.9. The average Bonchev–Trinajstić information content (AvgIpc) is 3.37. The Hall–Kier alpha value is -4.45. The fourth-order valence-electron chi connectivity index (χ4n) is 4.93. The lowest BCUT2D eigenvalue weighted by atomic mass is 9.91. The summed E-state index contributed by atoms with van der Waals surface area (Å²) in [6.45, 7) is 13.3. The molecule has 0 bridgehead atoms. The Balaban J connectivity index is 1.41. The van der Waals surface area contributed by atoms with E-state index in [0.717, 1.165) is 16.7 Å². The van der Waals surface area contributed by atoms with E-state index in [-0.39, 0.29) is 18.1 Å². The Morgan fingerprint density at radius 3 is 2.59 bits per heavy atom. The van der Waals surface area contributed by atoms with Gasteiger partial charge >= 0.3 is 0 Å². The van der Waals surface area contributed by atoms with Crippen molar-refractivity contribution < 1.29 is 27.4 Å². The molecule has 5 rings (SSSR count). The number of aliphatic imine (C=N–C) groups is 1. The maximum absolute atomic E-state index is 15.4. The van der Waals surface area contributed by atoms with Gasteiger partial charge in [0.1, 0.15) is 28.8 Å². The number of fused-ring (bicyclic) bond motifs is 1. The van der Waals surface area contributed by atoms with Crippen molar-refractivity contribution in [2.75, 3.05) is 12.4 Å². The molecule has 1 fully saturated rings. The van der Waals surface area contributed by atoms with Crippen molar-refractivity contribution in [2.45, 2.75) is 58.2 Å². The first-order chi connectivity index (χ1) is 20.9. The second kappa shape index (κ2) is 12.7. The van der Waals surface area contributed by atoms with Gasteiger partial charge in [-0.25, -0.2) is 28.1 Å². The Morgan fingerprint density at radius 2 is 1.86 bits per heavy atom. The van der Waals surface area contributed by atoms with Gasteiger partial charge < -0.3 is 19.5 Å². The number of methoxy groups -OCH3 is 1. The van der Waals surface area contributed by atoms with Gasteiger partial charge in [-0.1, -0.05) is 18.2 Å². The van der Waals surface area contributed by atoms with Crippen molar-refractivity contribution in [2.24, 2.45) is 4.99 Å². The summed E-state index contributed by atoms with van der Waals surface area (Å²) in [5, 5.41) is 3.54. The Labute approximate surface area is 257 Å². The van der Waals surface area contributed by atoms with Crippen molar-refractivity contribution in [3.63, 3.8) is 0 Å². The summed E-state index contributed by atoms with van der Waals surface area (Å²) in [7, 11) is 1.51. The van der Waals surface area contributed by atoms with Crippen LogP contribution >= 0.6 is 11.3 Å². The maximum Gasteiger partial charge on any atom is 0.252 e. The predicted octanol–water partition coefficient (Wildman–Crippen LogP) is 8.22. The number of hydrogen-bond donors (Lipinski definition) is 1. The SMILES string of the molecule is C=C(C=Nc1c(C)cc(C)cc1-c1nc2cc(F)c(O[C@H]3CC(F)(F)CC[C@H]3OC(=C)Nc3cnc(C)nc3)cc2s1)OC.